The van der Waals surface area contributed by atoms with Crippen LogP contribution in [-0.4, -0.2) is 68.5 Å². The summed E-state index contributed by atoms with van der Waals surface area (Å²) in [5, 5.41) is 14.0. The van der Waals surface area contributed by atoms with E-state index < -0.39 is 20.0 Å². The van der Waals surface area contributed by atoms with Crippen LogP contribution in [0.5, 0.6) is 0 Å². The fourth-order valence-corrected chi connectivity index (χ4v) is 10.5. The van der Waals surface area contributed by atoms with E-state index in [4.69, 9.17) is 9.05 Å². The van der Waals surface area contributed by atoms with E-state index >= 15 is 0 Å². The number of phosphoric ester groups is 1. The number of carbonyl (C=O) groups excluding carboxylic acids is 1. The lowest BCUT2D eigenvalue weighted by Crippen LogP contribution is -2.45. The molecule has 0 saturated carbocycles. The summed E-state index contributed by atoms with van der Waals surface area (Å²) in [7, 11) is 1.25. The van der Waals surface area contributed by atoms with Gasteiger partial charge in [-0.15, -0.1) is 0 Å². The number of aliphatic hydroxyl groups is 1. The molecule has 0 aliphatic carbocycles. The van der Waals surface area contributed by atoms with Gasteiger partial charge >= 0.3 is 0 Å². The van der Waals surface area contributed by atoms with Crippen LogP contribution in [0.1, 0.15) is 303 Å². The third-order valence-electron chi connectivity index (χ3n) is 15.0. The number of hydrogen-bond donors (Lipinski definition) is 2. The smallest absolute Gasteiger partial charge is 0.268 e. The minimum atomic E-state index is -4.61. The molecule has 0 aromatic heterocycles. The summed E-state index contributed by atoms with van der Waals surface area (Å²) in [4.78, 5) is 25.6. The van der Waals surface area contributed by atoms with E-state index in [1.165, 1.54) is 193 Å². The lowest BCUT2D eigenvalue weighted by atomic mass is 10.0. The Kier molecular flexibility index (Phi) is 60.0. The van der Waals surface area contributed by atoms with Crippen molar-refractivity contribution in [2.24, 2.45) is 0 Å². The van der Waals surface area contributed by atoms with Gasteiger partial charge in [-0.25, -0.2) is 0 Å². The van der Waals surface area contributed by atoms with Crippen molar-refractivity contribution in [2.75, 3.05) is 40.9 Å². The lowest BCUT2D eigenvalue weighted by Gasteiger charge is -2.29. The Balaban J connectivity index is 4.15. The SMILES string of the molecule is CC/C=C\C/C=C\C/C=C\C/C=C\C/C=C\C/C=C\C/C=C\CCCCCCCCCCCC(=O)NC(COP(=O)([O-])OCC[N+](C)(C)C)C(O)/C=C/CCCCCCCCCCCCCCCCCCCCCCCCCCCC. The quantitative estimate of drug-likeness (QED) is 0.0272. The van der Waals surface area contributed by atoms with Crippen LogP contribution >= 0.6 is 7.82 Å². The van der Waals surface area contributed by atoms with Gasteiger partial charge in [0, 0.05) is 6.42 Å². The molecule has 81 heavy (non-hydrogen) atoms. The number of rotatable bonds is 62. The van der Waals surface area contributed by atoms with Gasteiger partial charge in [0.2, 0.25) is 5.91 Å². The van der Waals surface area contributed by atoms with Crippen LogP contribution in [0.4, 0.5) is 0 Å². The molecule has 0 rings (SSSR count). The average molecular weight is 1150 g/mol. The number of phosphoric acid groups is 1. The molecule has 470 valence electrons. The van der Waals surface area contributed by atoms with Gasteiger partial charge < -0.3 is 28.8 Å². The second kappa shape index (κ2) is 62.0. The van der Waals surface area contributed by atoms with Crippen LogP contribution in [0.15, 0.2) is 97.2 Å². The van der Waals surface area contributed by atoms with E-state index in [0.717, 1.165) is 89.9 Å². The Bertz CT molecular complexity index is 1640. The molecule has 0 spiro atoms. The van der Waals surface area contributed by atoms with E-state index in [2.05, 4.69) is 104 Å². The second-order valence-corrected chi connectivity index (χ2v) is 25.6. The van der Waals surface area contributed by atoms with Gasteiger partial charge in [-0.1, -0.05) is 317 Å². The summed E-state index contributed by atoms with van der Waals surface area (Å²) < 4.78 is 23.4. The molecular formula is C72H131N2O6P. The monoisotopic (exact) mass is 1150 g/mol. The van der Waals surface area contributed by atoms with Crippen molar-refractivity contribution in [3.63, 3.8) is 0 Å². The molecule has 0 aromatic carbocycles. The first-order chi connectivity index (χ1) is 39.5. The number of allylic oxidation sites excluding steroid dienone is 15. The number of quaternary nitrogens is 1. The molecule has 0 aliphatic rings. The summed E-state index contributed by atoms with van der Waals surface area (Å²) >= 11 is 0. The number of likely N-dealkylation sites (N-methyl/N-ethyl adjacent to an activating group) is 1. The van der Waals surface area contributed by atoms with Gasteiger partial charge in [-0.05, 0) is 77.0 Å². The molecular weight excluding hydrogens is 1020 g/mol. The Morgan fingerprint density at radius 1 is 0.444 bits per heavy atom. The molecule has 0 heterocycles. The van der Waals surface area contributed by atoms with Crippen molar-refractivity contribution < 1.29 is 32.9 Å². The average Bonchev–Trinajstić information content (AvgIpc) is 3.43. The van der Waals surface area contributed by atoms with Gasteiger partial charge in [0.25, 0.3) is 7.82 Å². The summed E-state index contributed by atoms with van der Waals surface area (Å²) in [5.74, 6) is -0.204. The highest BCUT2D eigenvalue weighted by Crippen LogP contribution is 2.38. The molecule has 3 unspecified atom stereocenters. The largest absolute Gasteiger partial charge is 0.756 e. The molecule has 3 atom stereocenters. The van der Waals surface area contributed by atoms with Gasteiger partial charge in [0.05, 0.1) is 39.9 Å². The third-order valence-corrected chi connectivity index (χ3v) is 16.0. The molecule has 8 nitrogen and oxygen atoms in total. The predicted octanol–water partition coefficient (Wildman–Crippen LogP) is 21.1. The zero-order chi connectivity index (χ0) is 59.1. The Morgan fingerprint density at radius 2 is 0.753 bits per heavy atom. The first-order valence-electron chi connectivity index (χ1n) is 34.1. The first-order valence-corrected chi connectivity index (χ1v) is 35.6. The number of carbonyl (C=O) groups is 1. The maximum atomic E-state index is 13.0. The van der Waals surface area contributed by atoms with Gasteiger partial charge in [0.15, 0.2) is 0 Å². The molecule has 0 radical (unpaired) electrons. The molecule has 0 saturated heterocycles. The summed E-state index contributed by atoms with van der Waals surface area (Å²) in [5.41, 5.74) is 0. The van der Waals surface area contributed by atoms with Crippen LogP contribution in [-0.2, 0) is 18.4 Å². The van der Waals surface area contributed by atoms with Crippen molar-refractivity contribution in [2.45, 2.75) is 315 Å². The molecule has 0 bridgehead atoms. The third kappa shape index (κ3) is 64.8. The standard InChI is InChI=1S/C72H131N2O6P/c1-6-8-10-12-14-16-18-20-22-24-26-28-30-32-34-36-37-38-40-42-44-46-48-50-52-54-56-58-60-62-64-66-72(76)73-70(69-80-81(77,78)79-68-67-74(3,4)5)71(75)65-63-61-59-57-55-53-51-49-47-45-43-41-39-35-33-31-29-27-25-23-21-19-17-15-13-11-9-7-2/h8,10,14,16,20,22,26,28,32,34,37-38,42,44,63,65,70-71,75H,6-7,9,11-13,15,17-19,21,23-25,27,29-31,33,35-36,39-41,43,45-62,64,66-69H2,1-5H3,(H-,73,76,77,78)/b10-8-,16-14-,22-20-,28-26-,34-32-,38-37-,44-42-,65-63+. The van der Waals surface area contributed by atoms with E-state index in [-0.39, 0.29) is 19.1 Å². The van der Waals surface area contributed by atoms with E-state index in [1.54, 1.807) is 6.08 Å². The fraction of sp³-hybridized carbons (Fsp3) is 0.764. The minimum absolute atomic E-state index is 0.00612. The molecule has 0 aromatic rings. The topological polar surface area (TPSA) is 108 Å². The first kappa shape index (κ1) is 78.4. The number of nitrogens with zero attached hydrogens (tertiary/aromatic N) is 1. The maximum Gasteiger partial charge on any atom is 0.268 e. The zero-order valence-electron chi connectivity index (χ0n) is 53.7. The highest BCUT2D eigenvalue weighted by molar-refractivity contribution is 7.45. The minimum Gasteiger partial charge on any atom is -0.756 e. The lowest BCUT2D eigenvalue weighted by molar-refractivity contribution is -0.870. The van der Waals surface area contributed by atoms with Crippen LogP contribution in [0.3, 0.4) is 0 Å². The molecule has 9 heteroatoms. The van der Waals surface area contributed by atoms with Gasteiger partial charge in [0.1, 0.15) is 13.2 Å². The highest BCUT2D eigenvalue weighted by Gasteiger charge is 2.23. The number of unbranched alkanes of at least 4 members (excludes halogenated alkanes) is 35. The van der Waals surface area contributed by atoms with Gasteiger partial charge in [-0.2, -0.15) is 0 Å². The fourth-order valence-electron chi connectivity index (χ4n) is 9.78. The predicted molar refractivity (Wildman–Crippen MR) is 353 cm³/mol. The molecule has 0 fully saturated rings. The molecule has 2 N–H and O–H groups in total. The maximum absolute atomic E-state index is 13.0. The summed E-state index contributed by atoms with van der Waals surface area (Å²) in [6.45, 7) is 4.56. The zero-order valence-corrected chi connectivity index (χ0v) is 54.6. The van der Waals surface area contributed by atoms with Crippen molar-refractivity contribution in [1.29, 1.82) is 0 Å². The number of hydrogen-bond acceptors (Lipinski definition) is 6. The summed E-state index contributed by atoms with van der Waals surface area (Å²) in [6.07, 6.45) is 89.4. The van der Waals surface area contributed by atoms with E-state index in [1.807, 2.05) is 27.2 Å². The summed E-state index contributed by atoms with van der Waals surface area (Å²) in [6, 6.07) is -0.898. The Hall–Kier alpha value is -2.58. The van der Waals surface area contributed by atoms with Crippen LogP contribution in [0.25, 0.3) is 0 Å². The second-order valence-electron chi connectivity index (χ2n) is 24.2. The molecule has 0 aliphatic heterocycles. The Morgan fingerprint density at radius 3 is 1.10 bits per heavy atom. The van der Waals surface area contributed by atoms with Crippen molar-refractivity contribution >= 4 is 13.7 Å². The van der Waals surface area contributed by atoms with E-state index in [9.17, 15) is 19.4 Å². The number of nitrogens with one attached hydrogen (secondary N) is 1. The van der Waals surface area contributed by atoms with Crippen molar-refractivity contribution in [3.8, 4) is 0 Å². The van der Waals surface area contributed by atoms with Crippen molar-refractivity contribution in [1.82, 2.24) is 5.32 Å². The normalized spacial score (nSPS) is 14.3. The molecule has 1 amide bonds. The van der Waals surface area contributed by atoms with E-state index in [0.29, 0.717) is 17.4 Å². The highest BCUT2D eigenvalue weighted by atomic mass is 31.2. The van der Waals surface area contributed by atoms with Crippen LogP contribution in [0.2, 0.25) is 0 Å². The number of aliphatic hydroxyl groups excluding tert-OH is 1. The van der Waals surface area contributed by atoms with Crippen LogP contribution < -0.4 is 10.2 Å². The van der Waals surface area contributed by atoms with Crippen molar-refractivity contribution in [3.05, 3.63) is 97.2 Å². The van der Waals surface area contributed by atoms with Gasteiger partial charge in [-0.3, -0.25) is 9.36 Å². The Labute approximate surface area is 502 Å². The van der Waals surface area contributed by atoms with Crippen LogP contribution in [0, 0.1) is 0 Å². The number of amides is 1.